The zero-order valence-electron chi connectivity index (χ0n) is 10.3. The summed E-state index contributed by atoms with van der Waals surface area (Å²) in [6, 6.07) is 3.00. The van der Waals surface area contributed by atoms with Crippen LogP contribution in [-0.2, 0) is 9.59 Å². The smallest absolute Gasteiger partial charge is 0.352 e. The zero-order valence-corrected chi connectivity index (χ0v) is 11.9. The Kier molecular flexibility index (Phi) is 3.53. The molecule has 1 aromatic rings. The lowest BCUT2D eigenvalue weighted by Crippen LogP contribution is -2.68. The molecule has 1 saturated heterocycles. The molecule has 2 aliphatic heterocycles. The number of carbonyl (C=O) groups is 2. The first kappa shape index (κ1) is 13.6. The standard InChI is InChI=1S/C12H12N2O4S2/c13-8-10(15)14-9(12(16)17)6(5-20-11(8)14)4-19-7-2-1-3-18-7/h1-3,8,11H,4-5,13H2,(H,16,17)/t8?,11-/m1/s1. The minimum absolute atomic E-state index is 0.0829. The Hall–Kier alpha value is -1.38. The summed E-state index contributed by atoms with van der Waals surface area (Å²) in [5, 5.41) is 9.84. The molecule has 1 amide bonds. The van der Waals surface area contributed by atoms with E-state index in [1.807, 2.05) is 6.07 Å². The van der Waals surface area contributed by atoms with Gasteiger partial charge in [0.25, 0.3) is 0 Å². The Morgan fingerprint density at radius 1 is 1.65 bits per heavy atom. The SMILES string of the molecule is NC1C(=O)N2C(C(=O)O)=C(CSc3ccco3)CS[C@H]12. The van der Waals surface area contributed by atoms with E-state index in [-0.39, 0.29) is 17.0 Å². The molecule has 0 radical (unpaired) electrons. The maximum Gasteiger partial charge on any atom is 0.352 e. The second-order valence-electron chi connectivity index (χ2n) is 4.41. The third kappa shape index (κ3) is 2.13. The predicted octanol–water partition coefficient (Wildman–Crippen LogP) is 0.953. The van der Waals surface area contributed by atoms with Crippen molar-refractivity contribution in [2.75, 3.05) is 11.5 Å². The van der Waals surface area contributed by atoms with Crippen LogP contribution in [0.25, 0.3) is 0 Å². The number of carboxylic acid groups (broad SMARTS) is 1. The third-order valence-electron chi connectivity index (χ3n) is 3.17. The summed E-state index contributed by atoms with van der Waals surface area (Å²) in [4.78, 5) is 24.5. The topological polar surface area (TPSA) is 96.8 Å². The normalized spacial score (nSPS) is 25.4. The maximum atomic E-state index is 11.8. The van der Waals surface area contributed by atoms with Crippen LogP contribution in [0.1, 0.15) is 0 Å². The van der Waals surface area contributed by atoms with Gasteiger partial charge in [0.05, 0.1) is 6.26 Å². The van der Waals surface area contributed by atoms with Crippen LogP contribution in [0.2, 0.25) is 0 Å². The van der Waals surface area contributed by atoms with Gasteiger partial charge in [-0.05, 0) is 17.7 Å². The molecule has 6 nitrogen and oxygen atoms in total. The monoisotopic (exact) mass is 312 g/mol. The van der Waals surface area contributed by atoms with Crippen molar-refractivity contribution in [2.45, 2.75) is 16.5 Å². The number of rotatable bonds is 4. The molecule has 106 valence electrons. The molecule has 0 aromatic carbocycles. The van der Waals surface area contributed by atoms with Crippen LogP contribution in [0.15, 0.2) is 39.2 Å². The van der Waals surface area contributed by atoms with Crippen molar-refractivity contribution in [2.24, 2.45) is 5.73 Å². The van der Waals surface area contributed by atoms with E-state index in [4.69, 9.17) is 10.2 Å². The van der Waals surface area contributed by atoms with E-state index >= 15 is 0 Å². The Labute approximate surface area is 123 Å². The van der Waals surface area contributed by atoms with Crippen molar-refractivity contribution >= 4 is 35.4 Å². The van der Waals surface area contributed by atoms with Crippen LogP contribution < -0.4 is 5.73 Å². The lowest BCUT2D eigenvalue weighted by atomic mass is 10.0. The number of nitrogens with zero attached hydrogens (tertiary/aromatic N) is 1. The molecule has 8 heteroatoms. The molecular formula is C12H12N2O4S2. The molecule has 20 heavy (non-hydrogen) atoms. The van der Waals surface area contributed by atoms with Gasteiger partial charge in [-0.3, -0.25) is 9.69 Å². The van der Waals surface area contributed by atoms with Crippen molar-refractivity contribution in [1.29, 1.82) is 0 Å². The Bertz CT molecular complexity index is 584. The minimum Gasteiger partial charge on any atom is -0.477 e. The molecule has 1 aromatic heterocycles. The highest BCUT2D eigenvalue weighted by molar-refractivity contribution is 8.01. The zero-order chi connectivity index (χ0) is 14.3. The van der Waals surface area contributed by atoms with Crippen LogP contribution in [0.4, 0.5) is 0 Å². The van der Waals surface area contributed by atoms with Gasteiger partial charge in [-0.25, -0.2) is 4.79 Å². The summed E-state index contributed by atoms with van der Waals surface area (Å²) < 4.78 is 5.21. The number of thioether (sulfide) groups is 2. The third-order valence-corrected chi connectivity index (χ3v) is 5.55. The molecule has 0 spiro atoms. The number of fused-ring (bicyclic) bond motifs is 1. The molecular weight excluding hydrogens is 300 g/mol. The van der Waals surface area contributed by atoms with E-state index in [1.54, 1.807) is 12.3 Å². The summed E-state index contributed by atoms with van der Waals surface area (Å²) in [7, 11) is 0. The first-order chi connectivity index (χ1) is 9.59. The van der Waals surface area contributed by atoms with Gasteiger partial charge in [0.15, 0.2) is 5.09 Å². The van der Waals surface area contributed by atoms with Crippen molar-refractivity contribution in [1.82, 2.24) is 4.90 Å². The van der Waals surface area contributed by atoms with Crippen molar-refractivity contribution in [3.63, 3.8) is 0 Å². The summed E-state index contributed by atoms with van der Waals surface area (Å²) >= 11 is 2.92. The lowest BCUT2D eigenvalue weighted by molar-refractivity contribution is -0.147. The first-order valence-electron chi connectivity index (χ1n) is 5.91. The molecule has 1 fully saturated rings. The number of furan rings is 1. The first-order valence-corrected chi connectivity index (χ1v) is 7.95. The van der Waals surface area contributed by atoms with Crippen LogP contribution in [0.5, 0.6) is 0 Å². The van der Waals surface area contributed by atoms with Crippen LogP contribution in [0, 0.1) is 0 Å². The molecule has 0 bridgehead atoms. The highest BCUT2D eigenvalue weighted by Crippen LogP contribution is 2.40. The second kappa shape index (κ2) is 5.19. The van der Waals surface area contributed by atoms with Gasteiger partial charge in [0.1, 0.15) is 17.1 Å². The van der Waals surface area contributed by atoms with Crippen molar-refractivity contribution < 1.29 is 19.1 Å². The Morgan fingerprint density at radius 3 is 3.10 bits per heavy atom. The van der Waals surface area contributed by atoms with E-state index in [0.717, 1.165) is 10.7 Å². The number of amides is 1. The van der Waals surface area contributed by atoms with E-state index < -0.39 is 12.0 Å². The fourth-order valence-electron chi connectivity index (χ4n) is 2.19. The number of hydrogen-bond acceptors (Lipinski definition) is 6. The predicted molar refractivity (Wildman–Crippen MR) is 75.2 cm³/mol. The fourth-order valence-corrected chi connectivity index (χ4v) is 4.47. The van der Waals surface area contributed by atoms with Crippen molar-refractivity contribution in [3.8, 4) is 0 Å². The number of aliphatic carboxylic acids is 1. The van der Waals surface area contributed by atoms with Crippen LogP contribution in [0.3, 0.4) is 0 Å². The molecule has 0 saturated carbocycles. The molecule has 2 aliphatic rings. The summed E-state index contributed by atoms with van der Waals surface area (Å²) in [6.07, 6.45) is 1.57. The molecule has 2 atom stereocenters. The average molecular weight is 312 g/mol. The van der Waals surface area contributed by atoms with Crippen molar-refractivity contribution in [3.05, 3.63) is 29.7 Å². The second-order valence-corrected chi connectivity index (χ2v) is 6.50. The Morgan fingerprint density at radius 2 is 2.45 bits per heavy atom. The quantitative estimate of drug-likeness (QED) is 0.631. The Balaban J connectivity index is 1.82. The molecule has 1 unspecified atom stereocenters. The van der Waals surface area contributed by atoms with Gasteiger partial charge in [0, 0.05) is 11.5 Å². The molecule has 3 heterocycles. The van der Waals surface area contributed by atoms with E-state index in [0.29, 0.717) is 11.5 Å². The average Bonchev–Trinajstić information content (AvgIpc) is 2.96. The van der Waals surface area contributed by atoms with Gasteiger partial charge < -0.3 is 15.3 Å². The van der Waals surface area contributed by atoms with Crippen LogP contribution >= 0.6 is 23.5 Å². The fraction of sp³-hybridized carbons (Fsp3) is 0.333. The van der Waals surface area contributed by atoms with E-state index in [2.05, 4.69) is 0 Å². The maximum absolute atomic E-state index is 11.8. The molecule has 3 rings (SSSR count). The number of nitrogens with two attached hydrogens (primary N) is 1. The van der Waals surface area contributed by atoms with Gasteiger partial charge in [-0.15, -0.1) is 11.8 Å². The van der Waals surface area contributed by atoms with E-state index in [9.17, 15) is 14.7 Å². The number of hydrogen-bond donors (Lipinski definition) is 2. The highest BCUT2D eigenvalue weighted by atomic mass is 32.2. The number of β-lactam (4-membered cyclic amide) rings is 1. The lowest BCUT2D eigenvalue weighted by Gasteiger charge is -2.48. The largest absolute Gasteiger partial charge is 0.477 e. The minimum atomic E-state index is -1.08. The van der Waals surface area contributed by atoms with Gasteiger partial charge in [-0.1, -0.05) is 11.8 Å². The van der Waals surface area contributed by atoms with E-state index in [1.165, 1.54) is 28.4 Å². The van der Waals surface area contributed by atoms with Gasteiger partial charge in [-0.2, -0.15) is 0 Å². The van der Waals surface area contributed by atoms with Gasteiger partial charge in [0.2, 0.25) is 5.91 Å². The molecule has 0 aliphatic carbocycles. The molecule has 3 N–H and O–H groups in total. The highest BCUT2D eigenvalue weighted by Gasteiger charge is 2.51. The summed E-state index contributed by atoms with van der Waals surface area (Å²) in [5.74, 6) is -0.351. The van der Waals surface area contributed by atoms with Crippen LogP contribution in [-0.4, -0.2) is 44.8 Å². The van der Waals surface area contributed by atoms with Gasteiger partial charge >= 0.3 is 5.97 Å². The summed E-state index contributed by atoms with van der Waals surface area (Å²) in [5.41, 5.74) is 6.49. The number of carbonyl (C=O) groups excluding carboxylic acids is 1. The summed E-state index contributed by atoms with van der Waals surface area (Å²) in [6.45, 7) is 0. The number of carboxylic acids is 1.